The van der Waals surface area contributed by atoms with Gasteiger partial charge in [-0.05, 0) is 49.6 Å². The van der Waals surface area contributed by atoms with Crippen LogP contribution in [0.4, 0.5) is 5.69 Å². The minimum absolute atomic E-state index is 0.00207. The summed E-state index contributed by atoms with van der Waals surface area (Å²) in [6.45, 7) is 6.14. The summed E-state index contributed by atoms with van der Waals surface area (Å²) in [4.78, 5) is 14.5. The summed E-state index contributed by atoms with van der Waals surface area (Å²) in [6, 6.07) is 16.4. The van der Waals surface area contributed by atoms with Gasteiger partial charge in [-0.25, -0.2) is 0 Å². The maximum Gasteiger partial charge on any atom is 0.251 e. The number of aryl methyl sites for hydroxylation is 2. The van der Waals surface area contributed by atoms with Gasteiger partial charge in [0.1, 0.15) is 0 Å². The topological polar surface area (TPSA) is 41.6 Å². The molecular formula is C21H26N2O2. The van der Waals surface area contributed by atoms with Crippen molar-refractivity contribution in [1.82, 2.24) is 5.32 Å². The molecule has 0 atom stereocenters. The summed E-state index contributed by atoms with van der Waals surface area (Å²) in [5, 5.41) is 3.01. The van der Waals surface area contributed by atoms with Gasteiger partial charge >= 0.3 is 0 Å². The number of nitrogens with one attached hydrogen (secondary N) is 1. The van der Waals surface area contributed by atoms with Crippen LogP contribution < -0.4 is 10.2 Å². The lowest BCUT2D eigenvalue weighted by molar-refractivity contribution is 0.0953. The number of hydrogen-bond acceptors (Lipinski definition) is 3. The van der Waals surface area contributed by atoms with E-state index in [2.05, 4.69) is 41.4 Å². The van der Waals surface area contributed by atoms with Gasteiger partial charge in [0.05, 0.1) is 13.2 Å². The Bertz CT molecular complexity index is 691. The number of anilines is 1. The SMILES string of the molecule is Cc1cccc(CCCNC(=O)c2ccc(N3CCOCC3)cc2)c1. The monoisotopic (exact) mass is 338 g/mol. The van der Waals surface area contributed by atoms with Crippen LogP contribution in [-0.2, 0) is 11.2 Å². The molecule has 1 fully saturated rings. The maximum absolute atomic E-state index is 12.3. The lowest BCUT2D eigenvalue weighted by Gasteiger charge is -2.28. The highest BCUT2D eigenvalue weighted by molar-refractivity contribution is 5.94. The smallest absolute Gasteiger partial charge is 0.251 e. The molecule has 4 nitrogen and oxygen atoms in total. The minimum atomic E-state index is -0.00207. The van der Waals surface area contributed by atoms with Crippen LogP contribution in [0.1, 0.15) is 27.9 Å². The zero-order valence-electron chi connectivity index (χ0n) is 14.8. The average molecular weight is 338 g/mol. The molecule has 2 aromatic rings. The Kier molecular flexibility index (Phi) is 6.07. The first-order valence-corrected chi connectivity index (χ1v) is 8.99. The van der Waals surface area contributed by atoms with Crippen LogP contribution in [0.25, 0.3) is 0 Å². The van der Waals surface area contributed by atoms with E-state index in [0.29, 0.717) is 12.1 Å². The van der Waals surface area contributed by atoms with E-state index in [0.717, 1.165) is 44.8 Å². The third kappa shape index (κ3) is 5.07. The van der Waals surface area contributed by atoms with E-state index in [1.54, 1.807) is 0 Å². The van der Waals surface area contributed by atoms with Crippen LogP contribution in [0.5, 0.6) is 0 Å². The molecule has 0 bridgehead atoms. The van der Waals surface area contributed by atoms with Gasteiger partial charge in [0, 0.05) is 30.9 Å². The molecule has 0 aliphatic carbocycles. The van der Waals surface area contributed by atoms with Crippen LogP contribution in [0.2, 0.25) is 0 Å². The second-order valence-corrected chi connectivity index (χ2v) is 6.49. The van der Waals surface area contributed by atoms with Gasteiger partial charge in [-0.3, -0.25) is 4.79 Å². The van der Waals surface area contributed by atoms with Crippen LogP contribution in [-0.4, -0.2) is 38.8 Å². The van der Waals surface area contributed by atoms with Crippen molar-refractivity contribution in [2.24, 2.45) is 0 Å². The largest absolute Gasteiger partial charge is 0.378 e. The third-order valence-electron chi connectivity index (χ3n) is 4.52. The number of benzene rings is 2. The highest BCUT2D eigenvalue weighted by atomic mass is 16.5. The molecule has 0 radical (unpaired) electrons. The Balaban J connectivity index is 1.44. The fourth-order valence-electron chi connectivity index (χ4n) is 3.11. The van der Waals surface area contributed by atoms with Gasteiger partial charge in [-0.15, -0.1) is 0 Å². The Hall–Kier alpha value is -2.33. The second-order valence-electron chi connectivity index (χ2n) is 6.49. The van der Waals surface area contributed by atoms with Crippen molar-refractivity contribution >= 4 is 11.6 Å². The summed E-state index contributed by atoms with van der Waals surface area (Å²) >= 11 is 0. The van der Waals surface area contributed by atoms with Crippen molar-refractivity contribution in [1.29, 1.82) is 0 Å². The van der Waals surface area contributed by atoms with E-state index in [1.165, 1.54) is 11.1 Å². The second kappa shape index (κ2) is 8.67. The van der Waals surface area contributed by atoms with E-state index >= 15 is 0 Å². The molecule has 132 valence electrons. The van der Waals surface area contributed by atoms with Crippen LogP contribution >= 0.6 is 0 Å². The molecule has 0 unspecified atom stereocenters. The fourth-order valence-corrected chi connectivity index (χ4v) is 3.11. The van der Waals surface area contributed by atoms with Gasteiger partial charge in [-0.1, -0.05) is 29.8 Å². The quantitative estimate of drug-likeness (QED) is 0.823. The first-order valence-electron chi connectivity index (χ1n) is 8.99. The van der Waals surface area contributed by atoms with Crippen molar-refractivity contribution in [3.05, 3.63) is 65.2 Å². The Labute approximate surface area is 149 Å². The van der Waals surface area contributed by atoms with Crippen molar-refractivity contribution in [2.45, 2.75) is 19.8 Å². The van der Waals surface area contributed by atoms with Gasteiger partial charge in [-0.2, -0.15) is 0 Å². The maximum atomic E-state index is 12.3. The van der Waals surface area contributed by atoms with E-state index in [4.69, 9.17) is 4.74 Å². The minimum Gasteiger partial charge on any atom is -0.378 e. The molecule has 3 rings (SSSR count). The molecule has 1 amide bonds. The van der Waals surface area contributed by atoms with Crippen molar-refractivity contribution in [3.63, 3.8) is 0 Å². The predicted octanol–water partition coefficient (Wildman–Crippen LogP) is 3.19. The number of carbonyl (C=O) groups excluding carboxylic acids is 1. The zero-order valence-corrected chi connectivity index (χ0v) is 14.8. The lowest BCUT2D eigenvalue weighted by atomic mass is 10.1. The summed E-state index contributed by atoms with van der Waals surface area (Å²) in [6.07, 6.45) is 1.93. The Morgan fingerprint density at radius 1 is 1.12 bits per heavy atom. The van der Waals surface area contributed by atoms with Crippen LogP contribution in [0.15, 0.2) is 48.5 Å². The van der Waals surface area contributed by atoms with Crippen LogP contribution in [0.3, 0.4) is 0 Å². The first kappa shape index (κ1) is 17.5. The van der Waals surface area contributed by atoms with Gasteiger partial charge in [0.25, 0.3) is 5.91 Å². The number of hydrogen-bond donors (Lipinski definition) is 1. The number of morpholine rings is 1. The van der Waals surface area contributed by atoms with E-state index in [9.17, 15) is 4.79 Å². The van der Waals surface area contributed by atoms with Gasteiger partial charge in [0.2, 0.25) is 0 Å². The van der Waals surface area contributed by atoms with Gasteiger partial charge in [0.15, 0.2) is 0 Å². The number of carbonyl (C=O) groups is 1. The third-order valence-corrected chi connectivity index (χ3v) is 4.52. The van der Waals surface area contributed by atoms with E-state index < -0.39 is 0 Å². The number of nitrogens with zero attached hydrogens (tertiary/aromatic N) is 1. The molecule has 1 saturated heterocycles. The molecule has 0 spiro atoms. The van der Waals surface area contributed by atoms with Crippen molar-refractivity contribution in [3.8, 4) is 0 Å². The van der Waals surface area contributed by atoms with E-state index in [-0.39, 0.29) is 5.91 Å². The summed E-state index contributed by atoms with van der Waals surface area (Å²) in [5.41, 5.74) is 4.47. The Morgan fingerprint density at radius 3 is 2.60 bits per heavy atom. The zero-order chi connectivity index (χ0) is 17.5. The summed E-state index contributed by atoms with van der Waals surface area (Å²) in [7, 11) is 0. The molecule has 1 heterocycles. The predicted molar refractivity (Wildman–Crippen MR) is 101 cm³/mol. The number of ether oxygens (including phenoxy) is 1. The molecule has 0 saturated carbocycles. The molecule has 25 heavy (non-hydrogen) atoms. The van der Waals surface area contributed by atoms with E-state index in [1.807, 2.05) is 24.3 Å². The molecule has 2 aromatic carbocycles. The molecule has 1 aliphatic heterocycles. The Morgan fingerprint density at radius 2 is 1.88 bits per heavy atom. The average Bonchev–Trinajstić information content (AvgIpc) is 2.66. The number of amides is 1. The fraction of sp³-hybridized carbons (Fsp3) is 0.381. The molecule has 1 aliphatic rings. The molecule has 1 N–H and O–H groups in total. The highest BCUT2D eigenvalue weighted by Crippen LogP contribution is 2.16. The normalized spacial score (nSPS) is 14.4. The van der Waals surface area contributed by atoms with Crippen molar-refractivity contribution < 1.29 is 9.53 Å². The van der Waals surface area contributed by atoms with Crippen LogP contribution in [0, 0.1) is 6.92 Å². The molecular weight excluding hydrogens is 312 g/mol. The highest BCUT2D eigenvalue weighted by Gasteiger charge is 2.12. The molecule has 0 aromatic heterocycles. The van der Waals surface area contributed by atoms with Gasteiger partial charge < -0.3 is 15.0 Å². The lowest BCUT2D eigenvalue weighted by Crippen LogP contribution is -2.36. The van der Waals surface area contributed by atoms with Crippen molar-refractivity contribution in [2.75, 3.05) is 37.7 Å². The number of rotatable bonds is 6. The molecule has 4 heteroatoms. The summed E-state index contributed by atoms with van der Waals surface area (Å²) < 4.78 is 5.37. The summed E-state index contributed by atoms with van der Waals surface area (Å²) in [5.74, 6) is -0.00207. The first-order chi connectivity index (χ1) is 12.2. The standard InChI is InChI=1S/C21H26N2O2/c1-17-4-2-5-18(16-17)6-3-11-22-21(24)19-7-9-20(10-8-19)23-12-14-25-15-13-23/h2,4-5,7-10,16H,3,6,11-15H2,1H3,(H,22,24).